The second-order valence-corrected chi connectivity index (χ2v) is 6.12. The largest absolute Gasteiger partial charge is 0.497 e. The van der Waals surface area contributed by atoms with Crippen LogP contribution in [0.4, 0.5) is 0 Å². The molecule has 0 radical (unpaired) electrons. The van der Waals surface area contributed by atoms with Crippen LogP contribution in [0.1, 0.15) is 29.9 Å². The SMILES string of the molecule is COc1cccc(-c2nnc(COc3cccc4c3CCCC4)o2)c1. The minimum atomic E-state index is 0.271. The van der Waals surface area contributed by atoms with Crippen LogP contribution in [0.2, 0.25) is 0 Å². The number of methoxy groups -OCH3 is 1. The predicted octanol–water partition coefficient (Wildman–Crippen LogP) is 4.20. The van der Waals surface area contributed by atoms with Crippen LogP contribution in [0.3, 0.4) is 0 Å². The number of rotatable bonds is 5. The minimum Gasteiger partial charge on any atom is -0.497 e. The summed E-state index contributed by atoms with van der Waals surface area (Å²) in [4.78, 5) is 0. The van der Waals surface area contributed by atoms with Crippen molar-refractivity contribution >= 4 is 0 Å². The van der Waals surface area contributed by atoms with E-state index in [1.807, 2.05) is 30.3 Å². The molecule has 0 N–H and O–H groups in total. The molecule has 1 aliphatic carbocycles. The predicted molar refractivity (Wildman–Crippen MR) is 93.7 cm³/mol. The molecule has 128 valence electrons. The van der Waals surface area contributed by atoms with Gasteiger partial charge in [-0.3, -0.25) is 0 Å². The van der Waals surface area contributed by atoms with Crippen molar-refractivity contribution in [1.82, 2.24) is 10.2 Å². The molecule has 0 unspecified atom stereocenters. The Balaban J connectivity index is 1.49. The molecule has 0 saturated heterocycles. The van der Waals surface area contributed by atoms with Crippen LogP contribution in [0.25, 0.3) is 11.5 Å². The third-order valence-electron chi connectivity index (χ3n) is 4.49. The number of fused-ring (bicyclic) bond motifs is 1. The topological polar surface area (TPSA) is 57.4 Å². The number of hydrogen-bond donors (Lipinski definition) is 0. The van der Waals surface area contributed by atoms with Crippen LogP contribution >= 0.6 is 0 Å². The molecule has 4 rings (SSSR count). The van der Waals surface area contributed by atoms with Crippen LogP contribution in [-0.2, 0) is 19.4 Å². The highest BCUT2D eigenvalue weighted by molar-refractivity contribution is 5.55. The third-order valence-corrected chi connectivity index (χ3v) is 4.49. The Kier molecular flexibility index (Phi) is 4.37. The first-order valence-electron chi connectivity index (χ1n) is 8.54. The van der Waals surface area contributed by atoms with E-state index in [4.69, 9.17) is 13.9 Å². The van der Waals surface area contributed by atoms with Gasteiger partial charge in [0.1, 0.15) is 11.5 Å². The third kappa shape index (κ3) is 3.36. The Morgan fingerprint density at radius 3 is 2.84 bits per heavy atom. The van der Waals surface area contributed by atoms with Crippen LogP contribution < -0.4 is 9.47 Å². The van der Waals surface area contributed by atoms with E-state index in [1.165, 1.54) is 24.0 Å². The van der Waals surface area contributed by atoms with Gasteiger partial charge in [-0.2, -0.15) is 0 Å². The lowest BCUT2D eigenvalue weighted by Gasteiger charge is -2.18. The number of ether oxygens (including phenoxy) is 2. The maximum Gasteiger partial charge on any atom is 0.254 e. The van der Waals surface area contributed by atoms with Crippen LogP contribution in [0, 0.1) is 0 Å². The van der Waals surface area contributed by atoms with Gasteiger partial charge in [0.25, 0.3) is 5.89 Å². The van der Waals surface area contributed by atoms with Crippen LogP contribution in [0.5, 0.6) is 11.5 Å². The molecular formula is C20H20N2O3. The fourth-order valence-electron chi connectivity index (χ4n) is 3.21. The van der Waals surface area contributed by atoms with Gasteiger partial charge in [0.15, 0.2) is 6.61 Å². The molecule has 5 nitrogen and oxygen atoms in total. The van der Waals surface area contributed by atoms with Crippen molar-refractivity contribution in [2.45, 2.75) is 32.3 Å². The zero-order chi connectivity index (χ0) is 17.1. The Morgan fingerprint density at radius 1 is 1.04 bits per heavy atom. The molecule has 0 atom stereocenters. The molecule has 5 heteroatoms. The average Bonchev–Trinajstić information content (AvgIpc) is 3.15. The fraction of sp³-hybridized carbons (Fsp3) is 0.300. The van der Waals surface area contributed by atoms with Crippen LogP contribution in [-0.4, -0.2) is 17.3 Å². The van der Waals surface area contributed by atoms with Gasteiger partial charge in [-0.25, -0.2) is 0 Å². The molecule has 1 aliphatic rings. The summed E-state index contributed by atoms with van der Waals surface area (Å²) in [5.74, 6) is 2.61. The van der Waals surface area contributed by atoms with Gasteiger partial charge >= 0.3 is 0 Å². The van der Waals surface area contributed by atoms with E-state index in [1.54, 1.807) is 7.11 Å². The Morgan fingerprint density at radius 2 is 1.92 bits per heavy atom. The number of aromatic nitrogens is 2. The van der Waals surface area contributed by atoms with Gasteiger partial charge in [-0.05, 0) is 61.1 Å². The van der Waals surface area contributed by atoms with E-state index in [0.717, 1.165) is 29.9 Å². The zero-order valence-corrected chi connectivity index (χ0v) is 14.2. The second-order valence-electron chi connectivity index (χ2n) is 6.12. The zero-order valence-electron chi connectivity index (χ0n) is 14.2. The number of aryl methyl sites for hydroxylation is 1. The van der Waals surface area contributed by atoms with E-state index in [-0.39, 0.29) is 6.61 Å². The molecule has 0 bridgehead atoms. The number of benzene rings is 2. The minimum absolute atomic E-state index is 0.271. The highest BCUT2D eigenvalue weighted by Crippen LogP contribution is 2.30. The molecule has 1 aromatic heterocycles. The van der Waals surface area contributed by atoms with Gasteiger partial charge in [-0.1, -0.05) is 18.2 Å². The Hall–Kier alpha value is -2.82. The van der Waals surface area contributed by atoms with Crippen molar-refractivity contribution in [1.29, 1.82) is 0 Å². The summed E-state index contributed by atoms with van der Waals surface area (Å²) in [7, 11) is 1.63. The van der Waals surface area contributed by atoms with Gasteiger partial charge in [-0.15, -0.1) is 10.2 Å². The molecule has 0 spiro atoms. The fourth-order valence-corrected chi connectivity index (χ4v) is 3.21. The molecule has 2 aromatic carbocycles. The number of hydrogen-bond acceptors (Lipinski definition) is 5. The first-order valence-corrected chi connectivity index (χ1v) is 8.54. The normalized spacial score (nSPS) is 13.3. The Labute approximate surface area is 146 Å². The van der Waals surface area contributed by atoms with E-state index in [2.05, 4.69) is 22.3 Å². The van der Waals surface area contributed by atoms with Gasteiger partial charge in [0.2, 0.25) is 5.89 Å². The first kappa shape index (κ1) is 15.7. The van der Waals surface area contributed by atoms with Crippen molar-refractivity contribution in [2.75, 3.05) is 7.11 Å². The van der Waals surface area contributed by atoms with Gasteiger partial charge < -0.3 is 13.9 Å². The maximum absolute atomic E-state index is 5.96. The summed E-state index contributed by atoms with van der Waals surface area (Å²) in [5.41, 5.74) is 3.54. The highest BCUT2D eigenvalue weighted by atomic mass is 16.5. The van der Waals surface area contributed by atoms with Crippen molar-refractivity contribution in [3.63, 3.8) is 0 Å². The van der Waals surface area contributed by atoms with E-state index in [9.17, 15) is 0 Å². The van der Waals surface area contributed by atoms with E-state index in [0.29, 0.717) is 11.8 Å². The summed E-state index contributed by atoms with van der Waals surface area (Å²) in [6.07, 6.45) is 4.68. The molecule has 0 aliphatic heterocycles. The van der Waals surface area contributed by atoms with Crippen LogP contribution in [0.15, 0.2) is 46.9 Å². The molecule has 0 saturated carbocycles. The summed E-state index contributed by atoms with van der Waals surface area (Å²) in [6.45, 7) is 0.271. The van der Waals surface area contributed by atoms with E-state index < -0.39 is 0 Å². The quantitative estimate of drug-likeness (QED) is 0.699. The molecule has 0 amide bonds. The second kappa shape index (κ2) is 6.97. The molecular weight excluding hydrogens is 316 g/mol. The average molecular weight is 336 g/mol. The summed E-state index contributed by atoms with van der Waals surface area (Å²) >= 11 is 0. The smallest absolute Gasteiger partial charge is 0.254 e. The molecule has 25 heavy (non-hydrogen) atoms. The lowest BCUT2D eigenvalue weighted by atomic mass is 9.91. The van der Waals surface area contributed by atoms with Gasteiger partial charge in [0, 0.05) is 5.56 Å². The molecule has 1 heterocycles. The summed E-state index contributed by atoms with van der Waals surface area (Å²) < 4.78 is 16.9. The summed E-state index contributed by atoms with van der Waals surface area (Å²) in [5, 5.41) is 8.20. The van der Waals surface area contributed by atoms with Crippen molar-refractivity contribution in [3.8, 4) is 23.0 Å². The van der Waals surface area contributed by atoms with Crippen molar-refractivity contribution in [2.24, 2.45) is 0 Å². The highest BCUT2D eigenvalue weighted by Gasteiger charge is 2.15. The monoisotopic (exact) mass is 336 g/mol. The number of nitrogens with zero attached hydrogens (tertiary/aromatic N) is 2. The lowest BCUT2D eigenvalue weighted by Crippen LogP contribution is -2.06. The van der Waals surface area contributed by atoms with E-state index >= 15 is 0 Å². The lowest BCUT2D eigenvalue weighted by molar-refractivity contribution is 0.261. The molecule has 3 aromatic rings. The standard InChI is InChI=1S/C20H20N2O3/c1-23-16-9-4-8-15(12-16)20-22-21-19(25-20)13-24-18-11-5-7-14-6-2-3-10-17(14)18/h4-5,7-9,11-12H,2-3,6,10,13H2,1H3. The first-order chi connectivity index (χ1) is 12.3. The molecule has 0 fully saturated rings. The Bertz CT molecular complexity index is 873. The summed E-state index contributed by atoms with van der Waals surface area (Å²) in [6, 6.07) is 13.8. The van der Waals surface area contributed by atoms with Crippen molar-refractivity contribution < 1.29 is 13.9 Å². The van der Waals surface area contributed by atoms with Gasteiger partial charge in [0.05, 0.1) is 7.11 Å². The maximum atomic E-state index is 5.96. The van der Waals surface area contributed by atoms with Crippen molar-refractivity contribution in [3.05, 3.63) is 59.5 Å².